The van der Waals surface area contributed by atoms with E-state index in [9.17, 15) is 0 Å². The van der Waals surface area contributed by atoms with Gasteiger partial charge in [-0.3, -0.25) is 9.88 Å². The van der Waals surface area contributed by atoms with Crippen LogP contribution in [0.1, 0.15) is 23.1 Å². The van der Waals surface area contributed by atoms with Crippen molar-refractivity contribution in [1.82, 2.24) is 9.88 Å². The summed E-state index contributed by atoms with van der Waals surface area (Å²) in [5, 5.41) is 0. The van der Waals surface area contributed by atoms with Gasteiger partial charge in [0.2, 0.25) is 0 Å². The minimum Gasteiger partial charge on any atom is -0.377 e. The molecule has 0 bridgehead atoms. The summed E-state index contributed by atoms with van der Waals surface area (Å²) in [5.74, 6) is 0. The molecule has 3 nitrogen and oxygen atoms in total. The van der Waals surface area contributed by atoms with Gasteiger partial charge in [0.1, 0.15) is 0 Å². The Morgan fingerprint density at radius 1 is 1.22 bits per heavy atom. The van der Waals surface area contributed by atoms with Crippen LogP contribution in [0.2, 0.25) is 0 Å². The van der Waals surface area contributed by atoms with E-state index in [1.54, 1.807) is 0 Å². The fraction of sp³-hybridized carbons (Fsp3) is 0.450. The van der Waals surface area contributed by atoms with Gasteiger partial charge in [-0.15, -0.1) is 0 Å². The second kappa shape index (κ2) is 6.06. The number of rotatable bonds is 4. The molecule has 1 atom stereocenters. The molecule has 2 fully saturated rings. The number of hydrogen-bond acceptors (Lipinski definition) is 3. The van der Waals surface area contributed by atoms with E-state index in [0.29, 0.717) is 11.5 Å². The van der Waals surface area contributed by atoms with E-state index in [4.69, 9.17) is 4.74 Å². The zero-order chi connectivity index (χ0) is 15.7. The molecule has 2 aromatic rings. The predicted octanol–water partition coefficient (Wildman–Crippen LogP) is 3.22. The van der Waals surface area contributed by atoms with Crippen LogP contribution in [0.25, 0.3) is 0 Å². The first-order valence-electron chi connectivity index (χ1n) is 8.50. The summed E-state index contributed by atoms with van der Waals surface area (Å²) >= 11 is 0. The second-order valence-electron chi connectivity index (χ2n) is 7.27. The number of ether oxygens (including phenoxy) is 1. The number of benzene rings is 1. The van der Waals surface area contributed by atoms with Gasteiger partial charge < -0.3 is 4.74 Å². The smallest absolute Gasteiger partial charge is 0.0623 e. The third-order valence-corrected chi connectivity index (χ3v) is 5.25. The van der Waals surface area contributed by atoms with E-state index in [-0.39, 0.29) is 0 Å². The second-order valence-corrected chi connectivity index (χ2v) is 7.27. The van der Waals surface area contributed by atoms with Crippen LogP contribution in [0.4, 0.5) is 0 Å². The third kappa shape index (κ3) is 3.17. The molecule has 4 rings (SSSR count). The van der Waals surface area contributed by atoms with Crippen molar-refractivity contribution < 1.29 is 4.74 Å². The Hall–Kier alpha value is -1.71. The van der Waals surface area contributed by atoms with Gasteiger partial charge in [-0.05, 0) is 36.1 Å². The first kappa shape index (κ1) is 14.9. The van der Waals surface area contributed by atoms with Gasteiger partial charge in [-0.1, -0.05) is 30.3 Å². The Labute approximate surface area is 138 Å². The molecule has 2 saturated heterocycles. The molecular formula is C20H24N2O. The number of hydrogen-bond donors (Lipinski definition) is 0. The molecule has 1 aromatic heterocycles. The molecule has 0 radical (unpaired) electrons. The van der Waals surface area contributed by atoms with Gasteiger partial charge in [0.15, 0.2) is 0 Å². The lowest BCUT2D eigenvalue weighted by molar-refractivity contribution is -0.0141. The molecular weight excluding hydrogens is 284 g/mol. The van der Waals surface area contributed by atoms with Crippen LogP contribution in [0, 0.1) is 12.3 Å². The van der Waals surface area contributed by atoms with Crippen molar-refractivity contribution in [3.63, 3.8) is 0 Å². The van der Waals surface area contributed by atoms with Crippen LogP contribution in [-0.2, 0) is 17.7 Å². The summed E-state index contributed by atoms with van der Waals surface area (Å²) in [6.07, 6.45) is 6.33. The summed E-state index contributed by atoms with van der Waals surface area (Å²) in [6, 6.07) is 12.9. The highest BCUT2D eigenvalue weighted by Gasteiger charge is 2.48. The van der Waals surface area contributed by atoms with Gasteiger partial charge in [0.25, 0.3) is 0 Å². The minimum absolute atomic E-state index is 0.361. The van der Waals surface area contributed by atoms with Crippen molar-refractivity contribution in [2.45, 2.75) is 32.4 Å². The molecule has 0 unspecified atom stereocenters. The number of nitrogens with zero attached hydrogens (tertiary/aromatic N) is 2. The monoisotopic (exact) mass is 308 g/mol. The van der Waals surface area contributed by atoms with Crippen molar-refractivity contribution in [3.05, 3.63) is 65.5 Å². The van der Waals surface area contributed by atoms with Gasteiger partial charge >= 0.3 is 0 Å². The van der Waals surface area contributed by atoms with Crippen molar-refractivity contribution in [1.29, 1.82) is 0 Å². The van der Waals surface area contributed by atoms with E-state index in [0.717, 1.165) is 19.6 Å². The summed E-state index contributed by atoms with van der Waals surface area (Å²) < 4.78 is 6.08. The van der Waals surface area contributed by atoms with Crippen LogP contribution < -0.4 is 0 Å². The van der Waals surface area contributed by atoms with Crippen molar-refractivity contribution in [2.24, 2.45) is 5.41 Å². The average Bonchev–Trinajstić information content (AvgIpc) is 2.94. The van der Waals surface area contributed by atoms with E-state index in [2.05, 4.69) is 47.1 Å². The number of pyridine rings is 1. The summed E-state index contributed by atoms with van der Waals surface area (Å²) in [7, 11) is 0. The maximum Gasteiger partial charge on any atom is 0.0623 e. The van der Waals surface area contributed by atoms with Gasteiger partial charge in [0, 0.05) is 43.9 Å². The van der Waals surface area contributed by atoms with E-state index >= 15 is 0 Å². The lowest BCUT2D eigenvalue weighted by atomic mass is 9.77. The molecule has 2 aliphatic heterocycles. The molecule has 0 saturated carbocycles. The van der Waals surface area contributed by atoms with Crippen molar-refractivity contribution in [2.75, 3.05) is 19.7 Å². The molecule has 2 aliphatic rings. The highest BCUT2D eigenvalue weighted by molar-refractivity contribution is 5.26. The van der Waals surface area contributed by atoms with Gasteiger partial charge in [-0.2, -0.15) is 0 Å². The SMILES string of the molecule is Cc1ccccc1CN1CC2(CO[C@@H](Cc3cccnc3)C2)C1. The Balaban J connectivity index is 1.30. The minimum atomic E-state index is 0.361. The number of likely N-dealkylation sites (tertiary alicyclic amines) is 1. The molecule has 1 spiro atoms. The molecule has 1 aromatic carbocycles. The Kier molecular flexibility index (Phi) is 3.92. The highest BCUT2D eigenvalue weighted by Crippen LogP contribution is 2.42. The summed E-state index contributed by atoms with van der Waals surface area (Å²) in [4.78, 5) is 6.75. The largest absolute Gasteiger partial charge is 0.377 e. The lowest BCUT2D eigenvalue weighted by Crippen LogP contribution is -2.56. The zero-order valence-electron chi connectivity index (χ0n) is 13.7. The maximum atomic E-state index is 6.08. The molecule has 23 heavy (non-hydrogen) atoms. The average molecular weight is 308 g/mol. The number of aromatic nitrogens is 1. The molecule has 0 N–H and O–H groups in total. The maximum absolute atomic E-state index is 6.08. The van der Waals surface area contributed by atoms with Crippen molar-refractivity contribution in [3.8, 4) is 0 Å². The molecule has 0 amide bonds. The quantitative estimate of drug-likeness (QED) is 0.867. The van der Waals surface area contributed by atoms with Gasteiger partial charge in [0.05, 0.1) is 12.7 Å². The standard InChI is InChI=1S/C20H24N2O/c1-16-5-2-3-7-18(16)12-22-13-20(14-22)10-19(23-15-20)9-17-6-4-8-21-11-17/h2-8,11,19H,9-10,12-15H2,1H3/t19-/m0/s1. The highest BCUT2D eigenvalue weighted by atomic mass is 16.5. The normalized spacial score (nSPS) is 23.1. The third-order valence-electron chi connectivity index (χ3n) is 5.25. The lowest BCUT2D eigenvalue weighted by Gasteiger charge is -2.47. The Bertz CT molecular complexity index is 664. The Morgan fingerprint density at radius 3 is 2.87 bits per heavy atom. The fourth-order valence-electron chi connectivity index (χ4n) is 4.07. The van der Waals surface area contributed by atoms with Crippen LogP contribution >= 0.6 is 0 Å². The fourth-order valence-corrected chi connectivity index (χ4v) is 4.07. The zero-order valence-corrected chi connectivity index (χ0v) is 13.7. The predicted molar refractivity (Wildman–Crippen MR) is 91.2 cm³/mol. The Morgan fingerprint density at radius 2 is 2.09 bits per heavy atom. The van der Waals surface area contributed by atoms with Crippen molar-refractivity contribution >= 4 is 0 Å². The number of aryl methyl sites for hydroxylation is 1. The first-order valence-corrected chi connectivity index (χ1v) is 8.50. The van der Waals surface area contributed by atoms with E-state index in [1.165, 1.54) is 36.2 Å². The first-order chi connectivity index (χ1) is 11.2. The van der Waals surface area contributed by atoms with Crippen LogP contribution in [0.3, 0.4) is 0 Å². The van der Waals surface area contributed by atoms with E-state index < -0.39 is 0 Å². The van der Waals surface area contributed by atoms with Gasteiger partial charge in [-0.25, -0.2) is 0 Å². The van der Waals surface area contributed by atoms with Crippen LogP contribution in [-0.4, -0.2) is 35.7 Å². The molecule has 3 heterocycles. The summed E-state index contributed by atoms with van der Waals surface area (Å²) in [6.45, 7) is 6.53. The van der Waals surface area contributed by atoms with Crippen LogP contribution in [0.5, 0.6) is 0 Å². The van der Waals surface area contributed by atoms with E-state index in [1.807, 2.05) is 18.5 Å². The topological polar surface area (TPSA) is 25.4 Å². The molecule has 120 valence electrons. The summed E-state index contributed by atoms with van der Waals surface area (Å²) in [5.41, 5.74) is 4.53. The van der Waals surface area contributed by atoms with Crippen LogP contribution in [0.15, 0.2) is 48.8 Å². The molecule has 3 heteroatoms. The molecule has 0 aliphatic carbocycles.